The van der Waals surface area contributed by atoms with Crippen molar-refractivity contribution in [1.82, 2.24) is 14.8 Å². The zero-order valence-corrected chi connectivity index (χ0v) is 14.9. The third-order valence-electron chi connectivity index (χ3n) is 3.58. The molecule has 1 atom stereocenters. The smallest absolute Gasteiger partial charge is 0.191 e. The van der Waals surface area contributed by atoms with Crippen LogP contribution < -0.4 is 4.74 Å². The van der Waals surface area contributed by atoms with Gasteiger partial charge in [-0.1, -0.05) is 17.8 Å². The number of benzene rings is 1. The van der Waals surface area contributed by atoms with Crippen LogP contribution in [0.15, 0.2) is 42.1 Å². The Morgan fingerprint density at radius 3 is 2.68 bits per heavy atom. The lowest BCUT2D eigenvalue weighted by molar-refractivity contribution is 0.415. The molecule has 0 unspecified atom stereocenters. The van der Waals surface area contributed by atoms with E-state index in [1.807, 2.05) is 28.8 Å². The van der Waals surface area contributed by atoms with E-state index in [2.05, 4.69) is 28.9 Å². The summed E-state index contributed by atoms with van der Waals surface area (Å²) in [6.45, 7) is 4.37. The molecule has 0 spiro atoms. The number of rotatable bonds is 9. The number of thioether (sulfide) groups is 1. The topological polar surface area (TPSA) is 87.5 Å². The minimum Gasteiger partial charge on any atom is -0.497 e. The van der Waals surface area contributed by atoms with Gasteiger partial charge in [0, 0.05) is 24.3 Å². The van der Waals surface area contributed by atoms with E-state index >= 15 is 0 Å². The highest BCUT2D eigenvalue weighted by Crippen LogP contribution is 2.27. The molecule has 0 N–H and O–H groups in total. The van der Waals surface area contributed by atoms with Gasteiger partial charge in [0.2, 0.25) is 0 Å². The minimum absolute atomic E-state index is 0.178. The molecule has 0 saturated carbocycles. The Balaban J connectivity index is 2.19. The summed E-state index contributed by atoms with van der Waals surface area (Å²) in [5, 5.41) is 27.2. The molecule has 25 heavy (non-hydrogen) atoms. The molecule has 0 aliphatic rings. The van der Waals surface area contributed by atoms with Crippen LogP contribution in [0.3, 0.4) is 0 Å². The van der Waals surface area contributed by atoms with E-state index in [0.717, 1.165) is 22.3 Å². The zero-order valence-electron chi connectivity index (χ0n) is 14.1. The number of aromatic nitrogens is 3. The normalized spacial score (nSPS) is 11.3. The van der Waals surface area contributed by atoms with Crippen molar-refractivity contribution in [3.05, 3.63) is 36.9 Å². The zero-order chi connectivity index (χ0) is 18.1. The van der Waals surface area contributed by atoms with Crippen LogP contribution >= 0.6 is 11.8 Å². The number of allylic oxidation sites excluding steroid dienone is 1. The molecule has 0 amide bonds. The van der Waals surface area contributed by atoms with Crippen LogP contribution in [0.4, 0.5) is 0 Å². The molecule has 128 valence electrons. The first kappa shape index (κ1) is 18.6. The predicted octanol–water partition coefficient (Wildman–Crippen LogP) is 3.68. The number of methoxy groups -OCH3 is 1. The molecular formula is C18H19N5OS. The second kappa shape index (κ2) is 9.51. The van der Waals surface area contributed by atoms with Crippen molar-refractivity contribution >= 4 is 11.8 Å². The quantitative estimate of drug-likeness (QED) is 0.505. The van der Waals surface area contributed by atoms with Crippen LogP contribution in [0.5, 0.6) is 5.75 Å². The Morgan fingerprint density at radius 2 is 2.08 bits per heavy atom. The predicted molar refractivity (Wildman–Crippen MR) is 96.9 cm³/mol. The first-order valence-electron chi connectivity index (χ1n) is 7.81. The van der Waals surface area contributed by atoms with Gasteiger partial charge in [0.05, 0.1) is 25.2 Å². The molecule has 0 bridgehead atoms. The summed E-state index contributed by atoms with van der Waals surface area (Å²) in [5.41, 5.74) is 0.934. The van der Waals surface area contributed by atoms with E-state index in [-0.39, 0.29) is 5.92 Å². The lowest BCUT2D eigenvalue weighted by Crippen LogP contribution is -2.04. The van der Waals surface area contributed by atoms with Crippen molar-refractivity contribution in [2.75, 3.05) is 12.9 Å². The Morgan fingerprint density at radius 1 is 1.32 bits per heavy atom. The first-order valence-corrected chi connectivity index (χ1v) is 8.80. The molecule has 6 nitrogen and oxygen atoms in total. The third kappa shape index (κ3) is 4.85. The van der Waals surface area contributed by atoms with Crippen molar-refractivity contribution in [2.45, 2.75) is 24.5 Å². The Hall–Kier alpha value is -2.77. The summed E-state index contributed by atoms with van der Waals surface area (Å²) in [7, 11) is 1.63. The average Bonchev–Trinajstić information content (AvgIpc) is 3.05. The minimum atomic E-state index is -0.178. The van der Waals surface area contributed by atoms with Gasteiger partial charge in [0.15, 0.2) is 11.0 Å². The van der Waals surface area contributed by atoms with Crippen molar-refractivity contribution < 1.29 is 4.74 Å². The van der Waals surface area contributed by atoms with Crippen LogP contribution in [-0.4, -0.2) is 27.6 Å². The molecule has 0 fully saturated rings. The first-order chi connectivity index (χ1) is 12.2. The highest BCUT2D eigenvalue weighted by atomic mass is 32.2. The molecule has 0 saturated heterocycles. The van der Waals surface area contributed by atoms with Crippen LogP contribution in [-0.2, 0) is 6.54 Å². The molecule has 0 aliphatic carbocycles. The van der Waals surface area contributed by atoms with E-state index in [1.54, 1.807) is 13.2 Å². The van der Waals surface area contributed by atoms with Crippen LogP contribution in [0.25, 0.3) is 11.4 Å². The SMILES string of the molecule is C=CCn1c(SC[C@@H](C#N)CCC#N)nnc1-c1ccc(OC)cc1. The Bertz CT molecular complexity index is 785. The largest absolute Gasteiger partial charge is 0.497 e. The van der Waals surface area contributed by atoms with Gasteiger partial charge in [-0.3, -0.25) is 4.57 Å². The third-order valence-corrected chi connectivity index (χ3v) is 4.71. The summed E-state index contributed by atoms with van der Waals surface area (Å²) in [4.78, 5) is 0. The van der Waals surface area contributed by atoms with Gasteiger partial charge in [0.25, 0.3) is 0 Å². The second-order valence-electron chi connectivity index (χ2n) is 5.27. The summed E-state index contributed by atoms with van der Waals surface area (Å²) < 4.78 is 7.15. The standard InChI is InChI=1S/C18H19N5OS/c1-3-11-23-17(15-6-8-16(24-2)9-7-15)21-22-18(23)25-13-14(12-20)5-4-10-19/h3,6-9,14H,1,4-5,11,13H2,2H3/t14-/m1/s1. The second-order valence-corrected chi connectivity index (χ2v) is 6.25. The van der Waals surface area contributed by atoms with E-state index in [0.29, 0.717) is 25.1 Å². The van der Waals surface area contributed by atoms with Gasteiger partial charge >= 0.3 is 0 Å². The molecular weight excluding hydrogens is 334 g/mol. The number of hydrogen-bond donors (Lipinski definition) is 0. The van der Waals surface area contributed by atoms with Crippen LogP contribution in [0, 0.1) is 28.6 Å². The summed E-state index contributed by atoms with van der Waals surface area (Å²) in [5.74, 6) is 1.93. The Labute approximate surface area is 151 Å². The lowest BCUT2D eigenvalue weighted by atomic mass is 10.1. The maximum atomic E-state index is 9.19. The van der Waals surface area contributed by atoms with Crippen molar-refractivity contribution in [3.63, 3.8) is 0 Å². The van der Waals surface area contributed by atoms with Crippen LogP contribution in [0.2, 0.25) is 0 Å². The molecule has 0 aliphatic heterocycles. The number of ether oxygens (including phenoxy) is 1. The van der Waals surface area contributed by atoms with E-state index in [4.69, 9.17) is 10.00 Å². The maximum absolute atomic E-state index is 9.19. The fraction of sp³-hybridized carbons (Fsp3) is 0.333. The fourth-order valence-electron chi connectivity index (χ4n) is 2.24. The van der Waals surface area contributed by atoms with E-state index in [1.165, 1.54) is 11.8 Å². The molecule has 7 heteroatoms. The molecule has 1 aromatic carbocycles. The highest BCUT2D eigenvalue weighted by molar-refractivity contribution is 7.99. The van der Waals surface area contributed by atoms with Crippen molar-refractivity contribution in [3.8, 4) is 29.3 Å². The number of nitriles is 2. The summed E-state index contributed by atoms with van der Waals surface area (Å²) in [6, 6.07) is 11.9. The Kier molecular flexibility index (Phi) is 7.06. The summed E-state index contributed by atoms with van der Waals surface area (Å²) >= 11 is 1.48. The molecule has 2 aromatic rings. The molecule has 2 rings (SSSR count). The van der Waals surface area contributed by atoms with Crippen molar-refractivity contribution in [1.29, 1.82) is 10.5 Å². The molecule has 1 heterocycles. The monoisotopic (exact) mass is 353 g/mol. The highest BCUT2D eigenvalue weighted by Gasteiger charge is 2.16. The number of nitrogens with zero attached hydrogens (tertiary/aromatic N) is 5. The van der Waals surface area contributed by atoms with Gasteiger partial charge in [-0.15, -0.1) is 16.8 Å². The van der Waals surface area contributed by atoms with Gasteiger partial charge in [-0.25, -0.2) is 0 Å². The van der Waals surface area contributed by atoms with Crippen LogP contribution in [0.1, 0.15) is 12.8 Å². The molecule has 1 aromatic heterocycles. The van der Waals surface area contributed by atoms with E-state index in [9.17, 15) is 5.26 Å². The number of hydrogen-bond acceptors (Lipinski definition) is 6. The van der Waals surface area contributed by atoms with Crippen molar-refractivity contribution in [2.24, 2.45) is 5.92 Å². The van der Waals surface area contributed by atoms with E-state index < -0.39 is 0 Å². The van der Waals surface area contributed by atoms with Gasteiger partial charge in [0.1, 0.15) is 5.75 Å². The van der Waals surface area contributed by atoms with Gasteiger partial charge in [-0.2, -0.15) is 10.5 Å². The van der Waals surface area contributed by atoms with Gasteiger partial charge < -0.3 is 4.74 Å². The average molecular weight is 353 g/mol. The lowest BCUT2D eigenvalue weighted by Gasteiger charge is -2.09. The van der Waals surface area contributed by atoms with Gasteiger partial charge in [-0.05, 0) is 30.7 Å². The molecule has 0 radical (unpaired) electrons. The summed E-state index contributed by atoms with van der Waals surface area (Å²) in [6.07, 6.45) is 2.74. The maximum Gasteiger partial charge on any atom is 0.191 e. The fourth-order valence-corrected chi connectivity index (χ4v) is 3.25.